The van der Waals surface area contributed by atoms with Gasteiger partial charge in [0.2, 0.25) is 0 Å². The van der Waals surface area contributed by atoms with Crippen molar-refractivity contribution in [2.45, 2.75) is 50.7 Å². The maximum absolute atomic E-state index is 10.3. The lowest BCUT2D eigenvalue weighted by atomic mass is 9.96. The Bertz CT molecular complexity index is 261. The molecule has 2 aliphatic rings. The van der Waals surface area contributed by atoms with Crippen LogP contribution >= 0.6 is 0 Å². The van der Waals surface area contributed by atoms with Crippen molar-refractivity contribution in [2.24, 2.45) is 0 Å². The smallest absolute Gasteiger partial charge is 0.162 e. The summed E-state index contributed by atoms with van der Waals surface area (Å²) in [4.78, 5) is 0. The summed E-state index contributed by atoms with van der Waals surface area (Å²) in [5.74, 6) is -0.487. The van der Waals surface area contributed by atoms with Crippen LogP contribution in [-0.2, 0) is 14.2 Å². The molecule has 2 saturated heterocycles. The molecule has 5 heteroatoms. The molecule has 0 aromatic heterocycles. The van der Waals surface area contributed by atoms with Crippen LogP contribution in [0.2, 0.25) is 0 Å². The minimum absolute atomic E-state index is 0.114. The van der Waals surface area contributed by atoms with E-state index in [2.05, 4.69) is 5.32 Å². The molecule has 2 unspecified atom stereocenters. The monoisotopic (exact) mass is 245 g/mol. The van der Waals surface area contributed by atoms with E-state index in [1.807, 2.05) is 20.8 Å². The number of ether oxygens (including phenoxy) is 3. The second-order valence-corrected chi connectivity index (χ2v) is 5.47. The number of hydrogen-bond acceptors (Lipinski definition) is 5. The Morgan fingerprint density at radius 3 is 2.47 bits per heavy atom. The topological polar surface area (TPSA) is 60.0 Å². The maximum Gasteiger partial charge on any atom is 0.162 e. The largest absolute Gasteiger partial charge is 0.386 e. The second-order valence-electron chi connectivity index (χ2n) is 5.47. The first kappa shape index (κ1) is 13.2. The molecule has 2 fully saturated rings. The summed E-state index contributed by atoms with van der Waals surface area (Å²) in [7, 11) is 0. The second kappa shape index (κ2) is 4.82. The van der Waals surface area contributed by atoms with E-state index in [1.165, 1.54) is 0 Å². The molecule has 2 N–H and O–H groups in total. The lowest BCUT2D eigenvalue weighted by Crippen LogP contribution is -2.54. The Morgan fingerprint density at radius 2 is 1.94 bits per heavy atom. The van der Waals surface area contributed by atoms with Crippen molar-refractivity contribution in [3.05, 3.63) is 0 Å². The van der Waals surface area contributed by atoms with Crippen LogP contribution in [0.15, 0.2) is 0 Å². The zero-order valence-electron chi connectivity index (χ0n) is 10.9. The number of aliphatic hydroxyl groups is 1. The Labute approximate surface area is 102 Å². The van der Waals surface area contributed by atoms with Gasteiger partial charge in [0, 0.05) is 19.6 Å². The van der Waals surface area contributed by atoms with E-state index < -0.39 is 11.4 Å². The molecule has 0 spiro atoms. The maximum atomic E-state index is 10.3. The fourth-order valence-corrected chi connectivity index (χ4v) is 2.13. The van der Waals surface area contributed by atoms with Crippen molar-refractivity contribution >= 4 is 0 Å². The van der Waals surface area contributed by atoms with Crippen LogP contribution in [0.25, 0.3) is 0 Å². The van der Waals surface area contributed by atoms with Crippen LogP contribution in [0.4, 0.5) is 0 Å². The van der Waals surface area contributed by atoms with Gasteiger partial charge in [-0.3, -0.25) is 0 Å². The van der Waals surface area contributed by atoms with Gasteiger partial charge in [0.05, 0.1) is 25.4 Å². The molecule has 5 nitrogen and oxygen atoms in total. The number of rotatable bonds is 3. The summed E-state index contributed by atoms with van der Waals surface area (Å²) in [5.41, 5.74) is -0.757. The minimum Gasteiger partial charge on any atom is -0.386 e. The van der Waals surface area contributed by atoms with E-state index in [0.717, 1.165) is 0 Å². The highest BCUT2D eigenvalue weighted by Crippen LogP contribution is 2.25. The Kier molecular flexibility index (Phi) is 3.75. The van der Waals surface area contributed by atoms with Crippen molar-refractivity contribution in [1.29, 1.82) is 0 Å². The standard InChI is InChI=1S/C12H23NO4/c1-9-12(14,4-5-15-9)8-13-10-6-16-11(2,3)17-7-10/h9-10,13-14H,4-8H2,1-3H3. The summed E-state index contributed by atoms with van der Waals surface area (Å²) in [6.07, 6.45) is 0.568. The van der Waals surface area contributed by atoms with Crippen molar-refractivity contribution in [3.8, 4) is 0 Å². The van der Waals surface area contributed by atoms with Crippen LogP contribution < -0.4 is 5.32 Å². The van der Waals surface area contributed by atoms with Gasteiger partial charge < -0.3 is 24.6 Å². The molecule has 0 amide bonds. The predicted octanol–water partition coefficient (Wildman–Crippen LogP) is 0.267. The minimum atomic E-state index is -0.757. The fourth-order valence-electron chi connectivity index (χ4n) is 2.13. The summed E-state index contributed by atoms with van der Waals surface area (Å²) in [5, 5.41) is 13.6. The van der Waals surface area contributed by atoms with E-state index in [4.69, 9.17) is 14.2 Å². The molecule has 0 radical (unpaired) electrons. The van der Waals surface area contributed by atoms with E-state index in [1.54, 1.807) is 0 Å². The van der Waals surface area contributed by atoms with Gasteiger partial charge in [-0.05, 0) is 20.8 Å². The molecule has 0 aromatic rings. The number of nitrogens with one attached hydrogen (secondary N) is 1. The summed E-state index contributed by atoms with van der Waals surface area (Å²) >= 11 is 0. The molecule has 2 heterocycles. The van der Waals surface area contributed by atoms with Gasteiger partial charge in [0.1, 0.15) is 5.60 Å². The molecule has 100 valence electrons. The van der Waals surface area contributed by atoms with E-state index in [9.17, 15) is 5.11 Å². The zero-order chi connectivity index (χ0) is 12.5. The molecule has 2 aliphatic heterocycles. The van der Waals surface area contributed by atoms with E-state index >= 15 is 0 Å². The third-order valence-corrected chi connectivity index (χ3v) is 3.62. The summed E-state index contributed by atoms with van der Waals surface area (Å²) < 4.78 is 16.5. The molecule has 2 rings (SSSR count). The van der Waals surface area contributed by atoms with Gasteiger partial charge in [-0.25, -0.2) is 0 Å². The van der Waals surface area contributed by atoms with Gasteiger partial charge in [-0.1, -0.05) is 0 Å². The molecule has 2 atom stereocenters. The third kappa shape index (κ3) is 3.17. The van der Waals surface area contributed by atoms with Gasteiger partial charge in [-0.15, -0.1) is 0 Å². The lowest BCUT2D eigenvalue weighted by molar-refractivity contribution is -0.253. The molecule has 0 aromatic carbocycles. The van der Waals surface area contributed by atoms with Gasteiger partial charge in [-0.2, -0.15) is 0 Å². The molecular formula is C12H23NO4. The average Bonchev–Trinajstić information content (AvgIpc) is 2.58. The summed E-state index contributed by atoms with van der Waals surface area (Å²) in [6, 6.07) is 0.139. The van der Waals surface area contributed by atoms with Gasteiger partial charge >= 0.3 is 0 Å². The lowest BCUT2D eigenvalue weighted by Gasteiger charge is -2.37. The zero-order valence-corrected chi connectivity index (χ0v) is 10.9. The predicted molar refractivity (Wildman–Crippen MR) is 62.8 cm³/mol. The third-order valence-electron chi connectivity index (χ3n) is 3.62. The normalized spacial score (nSPS) is 38.5. The van der Waals surface area contributed by atoms with Crippen LogP contribution in [0.3, 0.4) is 0 Å². The highest BCUT2D eigenvalue weighted by molar-refractivity contribution is 4.92. The summed E-state index contributed by atoms with van der Waals surface area (Å²) in [6.45, 7) is 8.09. The number of hydrogen-bond donors (Lipinski definition) is 2. The molecular weight excluding hydrogens is 222 g/mol. The van der Waals surface area contributed by atoms with Crippen LogP contribution in [0, 0.1) is 0 Å². The quantitative estimate of drug-likeness (QED) is 0.747. The molecule has 0 saturated carbocycles. The first-order valence-corrected chi connectivity index (χ1v) is 6.27. The van der Waals surface area contributed by atoms with Crippen LogP contribution in [0.5, 0.6) is 0 Å². The van der Waals surface area contributed by atoms with Crippen LogP contribution in [-0.4, -0.2) is 55.0 Å². The first-order valence-electron chi connectivity index (χ1n) is 6.27. The Hall–Kier alpha value is -0.200. The molecule has 0 aliphatic carbocycles. The highest BCUT2D eigenvalue weighted by Gasteiger charge is 2.40. The SMILES string of the molecule is CC1OCCC1(O)CNC1COC(C)(C)OC1. The van der Waals surface area contributed by atoms with Gasteiger partial charge in [0.25, 0.3) is 0 Å². The fraction of sp³-hybridized carbons (Fsp3) is 1.00. The van der Waals surface area contributed by atoms with Gasteiger partial charge in [0.15, 0.2) is 5.79 Å². The van der Waals surface area contributed by atoms with Crippen molar-refractivity contribution in [2.75, 3.05) is 26.4 Å². The Morgan fingerprint density at radius 1 is 1.29 bits per heavy atom. The van der Waals surface area contributed by atoms with Crippen molar-refractivity contribution in [3.63, 3.8) is 0 Å². The van der Waals surface area contributed by atoms with Crippen LogP contribution in [0.1, 0.15) is 27.2 Å². The Balaban J connectivity index is 1.76. The average molecular weight is 245 g/mol. The van der Waals surface area contributed by atoms with Crippen molar-refractivity contribution < 1.29 is 19.3 Å². The highest BCUT2D eigenvalue weighted by atomic mass is 16.7. The van der Waals surface area contributed by atoms with Crippen molar-refractivity contribution in [1.82, 2.24) is 5.32 Å². The molecule has 17 heavy (non-hydrogen) atoms. The molecule has 0 bridgehead atoms. The van der Waals surface area contributed by atoms with E-state index in [0.29, 0.717) is 32.8 Å². The van der Waals surface area contributed by atoms with E-state index in [-0.39, 0.29) is 12.1 Å². The first-order chi connectivity index (χ1) is 7.91.